The van der Waals surface area contributed by atoms with E-state index in [1.165, 1.54) is 0 Å². The summed E-state index contributed by atoms with van der Waals surface area (Å²) in [5, 5.41) is 4.21. The first-order chi connectivity index (χ1) is 13.3. The average molecular weight is 364 g/mol. The zero-order chi connectivity index (χ0) is 18.6. The molecule has 7 heteroatoms. The van der Waals surface area contributed by atoms with E-state index >= 15 is 0 Å². The van der Waals surface area contributed by atoms with Gasteiger partial charge in [-0.05, 0) is 37.5 Å². The molecule has 0 bridgehead atoms. The first-order valence-corrected chi connectivity index (χ1v) is 9.47. The lowest BCUT2D eigenvalue weighted by Crippen LogP contribution is -2.39. The molecule has 0 atom stereocenters. The van der Waals surface area contributed by atoms with E-state index in [9.17, 15) is 4.79 Å². The van der Waals surface area contributed by atoms with Crippen molar-refractivity contribution in [2.24, 2.45) is 0 Å². The normalized spacial score (nSPS) is 15.2. The number of imidazole rings is 1. The minimum Gasteiger partial charge on any atom is -0.337 e. The van der Waals surface area contributed by atoms with Crippen LogP contribution in [0.25, 0.3) is 0 Å². The average Bonchev–Trinajstić information content (AvgIpc) is 3.37. The van der Waals surface area contributed by atoms with Crippen molar-refractivity contribution in [2.45, 2.75) is 38.8 Å². The lowest BCUT2D eigenvalue weighted by atomic mass is 9.95. The maximum Gasteiger partial charge on any atom is 0.272 e. The maximum atomic E-state index is 12.8. The minimum atomic E-state index is 0.0755. The summed E-state index contributed by atoms with van der Waals surface area (Å²) in [4.78, 5) is 23.5. The van der Waals surface area contributed by atoms with E-state index in [2.05, 4.69) is 25.7 Å². The van der Waals surface area contributed by atoms with Gasteiger partial charge in [-0.1, -0.05) is 6.07 Å². The summed E-state index contributed by atoms with van der Waals surface area (Å²) in [6.45, 7) is 4.97. The summed E-state index contributed by atoms with van der Waals surface area (Å²) in [7, 11) is 0. The van der Waals surface area contributed by atoms with E-state index in [4.69, 9.17) is 0 Å². The molecule has 4 rings (SSSR count). The molecule has 1 fully saturated rings. The molecular weight excluding hydrogens is 340 g/mol. The van der Waals surface area contributed by atoms with Crippen LogP contribution in [0.15, 0.2) is 49.2 Å². The number of nitrogens with zero attached hydrogens (tertiary/aromatic N) is 6. The predicted octanol–water partition coefficient (Wildman–Crippen LogP) is 2.56. The summed E-state index contributed by atoms with van der Waals surface area (Å²) >= 11 is 0. The third-order valence-corrected chi connectivity index (χ3v) is 5.21. The molecule has 4 heterocycles. The van der Waals surface area contributed by atoms with Gasteiger partial charge in [0.25, 0.3) is 5.91 Å². The zero-order valence-electron chi connectivity index (χ0n) is 15.5. The summed E-state index contributed by atoms with van der Waals surface area (Å²) in [5.41, 5.74) is 1.84. The summed E-state index contributed by atoms with van der Waals surface area (Å²) < 4.78 is 3.96. The molecule has 0 saturated carbocycles. The van der Waals surface area contributed by atoms with Gasteiger partial charge in [-0.3, -0.25) is 14.5 Å². The van der Waals surface area contributed by atoms with Crippen molar-refractivity contribution in [1.82, 2.24) is 29.2 Å². The van der Waals surface area contributed by atoms with Crippen molar-refractivity contribution < 1.29 is 4.79 Å². The number of carbonyl (C=O) groups is 1. The Morgan fingerprint density at radius 3 is 2.78 bits per heavy atom. The number of hydrogen-bond donors (Lipinski definition) is 0. The number of aromatic nitrogens is 5. The van der Waals surface area contributed by atoms with Gasteiger partial charge in [0, 0.05) is 56.5 Å². The molecule has 1 aliphatic rings. The molecular formula is C20H24N6O. The lowest BCUT2D eigenvalue weighted by Gasteiger charge is -2.32. The van der Waals surface area contributed by atoms with Gasteiger partial charge in [0.2, 0.25) is 0 Å². The molecule has 3 aromatic heterocycles. The molecule has 0 spiro atoms. The molecule has 0 aromatic carbocycles. The zero-order valence-corrected chi connectivity index (χ0v) is 15.5. The Labute approximate surface area is 158 Å². The van der Waals surface area contributed by atoms with E-state index in [0.29, 0.717) is 18.2 Å². The first kappa shape index (κ1) is 17.5. The fourth-order valence-electron chi connectivity index (χ4n) is 3.77. The van der Waals surface area contributed by atoms with Crippen molar-refractivity contribution in [3.8, 4) is 0 Å². The van der Waals surface area contributed by atoms with Crippen LogP contribution in [0.5, 0.6) is 0 Å². The van der Waals surface area contributed by atoms with Gasteiger partial charge in [-0.15, -0.1) is 0 Å². The van der Waals surface area contributed by atoms with Crippen molar-refractivity contribution >= 4 is 5.91 Å². The second-order valence-corrected chi connectivity index (χ2v) is 6.87. The third kappa shape index (κ3) is 3.63. The molecule has 3 aromatic rings. The van der Waals surface area contributed by atoms with Crippen LogP contribution in [0.3, 0.4) is 0 Å². The number of piperidine rings is 1. The van der Waals surface area contributed by atoms with Gasteiger partial charge in [0.05, 0.1) is 6.54 Å². The number of hydrogen-bond acceptors (Lipinski definition) is 4. The number of aryl methyl sites for hydroxylation is 1. The summed E-state index contributed by atoms with van der Waals surface area (Å²) in [6.07, 6.45) is 11.1. The van der Waals surface area contributed by atoms with E-state index < -0.39 is 0 Å². The molecule has 0 N–H and O–H groups in total. The highest BCUT2D eigenvalue weighted by Crippen LogP contribution is 2.28. The van der Waals surface area contributed by atoms with Crippen molar-refractivity contribution in [2.75, 3.05) is 13.1 Å². The highest BCUT2D eigenvalue weighted by atomic mass is 16.2. The van der Waals surface area contributed by atoms with Gasteiger partial charge in [0.15, 0.2) is 0 Å². The van der Waals surface area contributed by atoms with Crippen LogP contribution in [-0.2, 0) is 13.1 Å². The van der Waals surface area contributed by atoms with Crippen LogP contribution < -0.4 is 0 Å². The lowest BCUT2D eigenvalue weighted by molar-refractivity contribution is 0.0698. The van der Waals surface area contributed by atoms with E-state index in [1.807, 2.05) is 36.5 Å². The second kappa shape index (κ2) is 7.73. The number of amides is 1. The Balaban J connectivity index is 1.41. The maximum absolute atomic E-state index is 12.8. The molecule has 140 valence electrons. The Kier molecular flexibility index (Phi) is 5.00. The number of carbonyl (C=O) groups excluding carboxylic acids is 1. The van der Waals surface area contributed by atoms with Crippen LogP contribution in [0.2, 0.25) is 0 Å². The van der Waals surface area contributed by atoms with Gasteiger partial charge < -0.3 is 9.47 Å². The van der Waals surface area contributed by atoms with E-state index in [-0.39, 0.29) is 5.91 Å². The van der Waals surface area contributed by atoms with Crippen molar-refractivity contribution in [1.29, 1.82) is 0 Å². The second-order valence-electron chi connectivity index (χ2n) is 6.87. The topological polar surface area (TPSA) is 68.8 Å². The molecule has 0 unspecified atom stereocenters. The van der Waals surface area contributed by atoms with Crippen LogP contribution in [0, 0.1) is 0 Å². The third-order valence-electron chi connectivity index (χ3n) is 5.21. The van der Waals surface area contributed by atoms with Gasteiger partial charge in [-0.2, -0.15) is 5.10 Å². The molecule has 0 radical (unpaired) electrons. The first-order valence-electron chi connectivity index (χ1n) is 9.47. The Bertz CT molecular complexity index is 892. The Morgan fingerprint density at radius 1 is 1.19 bits per heavy atom. The highest BCUT2D eigenvalue weighted by molar-refractivity contribution is 5.92. The Morgan fingerprint density at radius 2 is 2.04 bits per heavy atom. The summed E-state index contributed by atoms with van der Waals surface area (Å²) in [6, 6.07) is 5.84. The fraction of sp³-hybridized carbons (Fsp3) is 0.400. The van der Waals surface area contributed by atoms with Gasteiger partial charge in [0.1, 0.15) is 11.5 Å². The smallest absolute Gasteiger partial charge is 0.272 e. The van der Waals surface area contributed by atoms with E-state index in [1.54, 1.807) is 23.1 Å². The fourth-order valence-corrected chi connectivity index (χ4v) is 3.77. The van der Waals surface area contributed by atoms with Crippen LogP contribution in [-0.4, -0.2) is 48.2 Å². The molecule has 27 heavy (non-hydrogen) atoms. The highest BCUT2D eigenvalue weighted by Gasteiger charge is 2.28. The largest absolute Gasteiger partial charge is 0.337 e. The van der Waals surface area contributed by atoms with E-state index in [0.717, 1.165) is 43.9 Å². The molecule has 1 saturated heterocycles. The summed E-state index contributed by atoms with van der Waals surface area (Å²) in [5.74, 6) is 1.55. The predicted molar refractivity (Wildman–Crippen MR) is 101 cm³/mol. The number of likely N-dealkylation sites (tertiary alicyclic amines) is 1. The minimum absolute atomic E-state index is 0.0755. The van der Waals surface area contributed by atoms with Crippen molar-refractivity contribution in [3.63, 3.8) is 0 Å². The standard InChI is InChI=1S/C20H24N6O/c1-2-26-18(5-9-23-26)20(27)24-11-6-17(7-12-24)19-22-10-13-25(19)15-16-4-3-8-21-14-16/h3-5,8-10,13-14,17H,2,6-7,11-12,15H2,1H3. The van der Waals surface area contributed by atoms with Gasteiger partial charge >= 0.3 is 0 Å². The molecule has 1 aliphatic heterocycles. The van der Waals surface area contributed by atoms with Gasteiger partial charge in [-0.25, -0.2) is 4.98 Å². The monoisotopic (exact) mass is 364 g/mol. The molecule has 1 amide bonds. The quantitative estimate of drug-likeness (QED) is 0.698. The van der Waals surface area contributed by atoms with Crippen molar-refractivity contribution in [3.05, 3.63) is 66.3 Å². The Hall–Kier alpha value is -2.96. The number of pyridine rings is 1. The van der Waals surface area contributed by atoms with Crippen LogP contribution in [0.1, 0.15) is 47.6 Å². The number of rotatable bonds is 5. The van der Waals surface area contributed by atoms with Crippen LogP contribution >= 0.6 is 0 Å². The van der Waals surface area contributed by atoms with Crippen LogP contribution in [0.4, 0.5) is 0 Å². The molecule has 7 nitrogen and oxygen atoms in total. The molecule has 0 aliphatic carbocycles. The SMILES string of the molecule is CCn1nccc1C(=O)N1CCC(c2nccn2Cc2cccnc2)CC1.